The van der Waals surface area contributed by atoms with Crippen LogP contribution in [0.15, 0.2) is 42.5 Å². The third kappa shape index (κ3) is 7.34. The van der Waals surface area contributed by atoms with Gasteiger partial charge >= 0.3 is 0 Å². The smallest absolute Gasteiger partial charge is 0.247 e. The molecule has 0 unspecified atom stereocenters. The van der Waals surface area contributed by atoms with Gasteiger partial charge in [-0.25, -0.2) is 4.39 Å². The highest BCUT2D eigenvalue weighted by Gasteiger charge is 2.33. The predicted molar refractivity (Wildman–Crippen MR) is 134 cm³/mol. The average molecular weight is 505 g/mol. The van der Waals surface area contributed by atoms with E-state index in [-0.39, 0.29) is 36.3 Å². The van der Waals surface area contributed by atoms with Gasteiger partial charge in [0.25, 0.3) is 0 Å². The molecule has 190 valence electrons. The van der Waals surface area contributed by atoms with Gasteiger partial charge in [-0.3, -0.25) is 9.59 Å². The first kappa shape index (κ1) is 26.8. The summed E-state index contributed by atoms with van der Waals surface area (Å²) in [6, 6.07) is 10.2. The standard InChI is InChI=1S/C27H34ClFN2O4/c1-18(2)35-23-14-11-20(15-24(23)34-3)26(27(33)30-22-7-5-4-6-8-22)31(25(32)16-28)17-19-9-12-21(29)13-10-19/h9-15,18,22,26H,4-8,16-17H2,1-3H3,(H,30,33)/t26-/m1/s1. The molecule has 8 heteroatoms. The number of hydrogen-bond donors (Lipinski definition) is 1. The lowest BCUT2D eigenvalue weighted by atomic mass is 9.94. The highest BCUT2D eigenvalue weighted by Crippen LogP contribution is 2.34. The lowest BCUT2D eigenvalue weighted by Gasteiger charge is -2.33. The minimum Gasteiger partial charge on any atom is -0.493 e. The van der Waals surface area contributed by atoms with Crippen molar-refractivity contribution in [1.82, 2.24) is 10.2 Å². The molecule has 2 aromatic rings. The molecule has 2 amide bonds. The first-order chi connectivity index (χ1) is 16.8. The lowest BCUT2D eigenvalue weighted by molar-refractivity contribution is -0.140. The zero-order valence-electron chi connectivity index (χ0n) is 20.6. The van der Waals surface area contributed by atoms with Crippen molar-refractivity contribution in [2.45, 2.75) is 70.7 Å². The summed E-state index contributed by atoms with van der Waals surface area (Å²) in [5.41, 5.74) is 1.26. The predicted octanol–water partition coefficient (Wildman–Crippen LogP) is 5.38. The molecule has 0 bridgehead atoms. The summed E-state index contributed by atoms with van der Waals surface area (Å²) in [7, 11) is 1.53. The number of carbonyl (C=O) groups is 2. The summed E-state index contributed by atoms with van der Waals surface area (Å²) in [6.45, 7) is 3.93. The summed E-state index contributed by atoms with van der Waals surface area (Å²) in [5, 5.41) is 3.15. The van der Waals surface area contributed by atoms with Crippen molar-refractivity contribution in [3.63, 3.8) is 0 Å². The number of amides is 2. The molecule has 0 spiro atoms. The number of alkyl halides is 1. The SMILES string of the molecule is COc1cc([C@H](C(=O)NC2CCCCC2)N(Cc2ccc(F)cc2)C(=O)CCl)ccc1OC(C)C. The molecule has 0 radical (unpaired) electrons. The van der Waals surface area contributed by atoms with E-state index < -0.39 is 11.9 Å². The molecule has 6 nitrogen and oxygen atoms in total. The summed E-state index contributed by atoms with van der Waals surface area (Å²) < 4.78 is 24.8. The Bertz CT molecular complexity index is 993. The van der Waals surface area contributed by atoms with Gasteiger partial charge in [0.2, 0.25) is 11.8 Å². The van der Waals surface area contributed by atoms with Gasteiger partial charge < -0.3 is 19.7 Å². The average Bonchev–Trinajstić information content (AvgIpc) is 2.85. The van der Waals surface area contributed by atoms with Crippen molar-refractivity contribution in [3.8, 4) is 11.5 Å². The van der Waals surface area contributed by atoms with Gasteiger partial charge in [0.15, 0.2) is 11.5 Å². The maximum Gasteiger partial charge on any atom is 0.247 e. The van der Waals surface area contributed by atoms with Crippen molar-refractivity contribution in [2.75, 3.05) is 13.0 Å². The van der Waals surface area contributed by atoms with Crippen LogP contribution in [-0.4, -0.2) is 41.8 Å². The van der Waals surface area contributed by atoms with Crippen molar-refractivity contribution in [1.29, 1.82) is 0 Å². The normalized spacial score (nSPS) is 14.9. The molecular weight excluding hydrogens is 471 g/mol. The van der Waals surface area contributed by atoms with Gasteiger partial charge in [-0.2, -0.15) is 0 Å². The van der Waals surface area contributed by atoms with Gasteiger partial charge in [0.05, 0.1) is 13.2 Å². The Morgan fingerprint density at radius 2 is 1.77 bits per heavy atom. The zero-order chi connectivity index (χ0) is 25.4. The molecule has 1 N–H and O–H groups in total. The van der Waals surface area contributed by atoms with E-state index in [1.165, 1.54) is 24.1 Å². The Hall–Kier alpha value is -2.80. The van der Waals surface area contributed by atoms with Crippen LogP contribution in [0.25, 0.3) is 0 Å². The number of rotatable bonds is 10. The highest BCUT2D eigenvalue weighted by molar-refractivity contribution is 6.27. The van der Waals surface area contributed by atoms with E-state index in [1.807, 2.05) is 13.8 Å². The summed E-state index contributed by atoms with van der Waals surface area (Å²) in [4.78, 5) is 28.2. The van der Waals surface area contributed by atoms with E-state index in [9.17, 15) is 14.0 Å². The van der Waals surface area contributed by atoms with Gasteiger partial charge in [-0.15, -0.1) is 11.6 Å². The van der Waals surface area contributed by atoms with Crippen LogP contribution in [0.1, 0.15) is 63.1 Å². The van der Waals surface area contributed by atoms with Crippen molar-refractivity contribution in [3.05, 3.63) is 59.4 Å². The summed E-state index contributed by atoms with van der Waals surface area (Å²) in [5.74, 6) is -0.336. The second kappa shape index (κ2) is 12.8. The molecule has 0 saturated heterocycles. The van der Waals surface area contributed by atoms with E-state index in [2.05, 4.69) is 5.32 Å². The summed E-state index contributed by atoms with van der Waals surface area (Å²) >= 11 is 5.98. The van der Waals surface area contributed by atoms with E-state index in [4.69, 9.17) is 21.1 Å². The number of ether oxygens (including phenoxy) is 2. The molecule has 0 aliphatic heterocycles. The first-order valence-electron chi connectivity index (χ1n) is 12.1. The van der Waals surface area contributed by atoms with Gasteiger partial charge in [-0.1, -0.05) is 37.5 Å². The number of nitrogens with one attached hydrogen (secondary N) is 1. The Kier molecular flexibility index (Phi) is 9.78. The van der Waals surface area contributed by atoms with E-state index in [0.717, 1.165) is 32.1 Å². The second-order valence-electron chi connectivity index (χ2n) is 9.10. The topological polar surface area (TPSA) is 67.9 Å². The molecular formula is C27H34ClFN2O4. The molecule has 1 atom stereocenters. The van der Waals surface area contributed by atoms with Crippen molar-refractivity contribution < 1.29 is 23.5 Å². The monoisotopic (exact) mass is 504 g/mol. The van der Waals surface area contributed by atoms with Crippen LogP contribution in [0.5, 0.6) is 11.5 Å². The number of halogens is 2. The molecule has 2 aromatic carbocycles. The van der Waals surface area contributed by atoms with Crippen LogP contribution in [-0.2, 0) is 16.1 Å². The highest BCUT2D eigenvalue weighted by atomic mass is 35.5. The maximum atomic E-state index is 13.7. The minimum absolute atomic E-state index is 0.0583. The molecule has 1 fully saturated rings. The third-order valence-electron chi connectivity index (χ3n) is 6.08. The van der Waals surface area contributed by atoms with Crippen LogP contribution < -0.4 is 14.8 Å². The van der Waals surface area contributed by atoms with Gasteiger partial charge in [0.1, 0.15) is 17.7 Å². The minimum atomic E-state index is -0.949. The van der Waals surface area contributed by atoms with Crippen LogP contribution in [0.2, 0.25) is 0 Å². The number of hydrogen-bond acceptors (Lipinski definition) is 4. The number of carbonyl (C=O) groups excluding carboxylic acids is 2. The maximum absolute atomic E-state index is 13.7. The first-order valence-corrected chi connectivity index (χ1v) is 12.6. The fraction of sp³-hybridized carbons (Fsp3) is 0.481. The quantitative estimate of drug-likeness (QED) is 0.441. The molecule has 3 rings (SSSR count). The van der Waals surface area contributed by atoms with Crippen LogP contribution in [0, 0.1) is 5.82 Å². The fourth-order valence-electron chi connectivity index (χ4n) is 4.39. The van der Waals surface area contributed by atoms with Crippen molar-refractivity contribution >= 4 is 23.4 Å². The second-order valence-corrected chi connectivity index (χ2v) is 9.37. The molecule has 0 heterocycles. The van der Waals surface area contributed by atoms with E-state index in [0.29, 0.717) is 22.6 Å². The van der Waals surface area contributed by atoms with E-state index in [1.54, 1.807) is 30.3 Å². The molecule has 1 aliphatic carbocycles. The van der Waals surface area contributed by atoms with Gasteiger partial charge in [-0.05, 0) is 62.1 Å². The van der Waals surface area contributed by atoms with E-state index >= 15 is 0 Å². The Labute approximate surface area is 211 Å². The van der Waals surface area contributed by atoms with Crippen LogP contribution in [0.3, 0.4) is 0 Å². The molecule has 1 saturated carbocycles. The Balaban J connectivity index is 2.01. The largest absolute Gasteiger partial charge is 0.493 e. The fourth-order valence-corrected chi connectivity index (χ4v) is 4.55. The molecule has 0 aromatic heterocycles. The Morgan fingerprint density at radius 3 is 2.37 bits per heavy atom. The number of nitrogens with zero attached hydrogens (tertiary/aromatic N) is 1. The van der Waals surface area contributed by atoms with Crippen LogP contribution in [0.4, 0.5) is 4.39 Å². The van der Waals surface area contributed by atoms with Crippen LogP contribution >= 0.6 is 11.6 Å². The number of benzene rings is 2. The van der Waals surface area contributed by atoms with Crippen molar-refractivity contribution in [2.24, 2.45) is 0 Å². The third-order valence-corrected chi connectivity index (χ3v) is 6.31. The molecule has 1 aliphatic rings. The summed E-state index contributed by atoms with van der Waals surface area (Å²) in [6.07, 6.45) is 5.03. The Morgan fingerprint density at radius 1 is 1.09 bits per heavy atom. The number of methoxy groups -OCH3 is 1. The lowest BCUT2D eigenvalue weighted by Crippen LogP contribution is -2.47. The zero-order valence-corrected chi connectivity index (χ0v) is 21.3. The molecule has 35 heavy (non-hydrogen) atoms. The van der Waals surface area contributed by atoms with Gasteiger partial charge in [0, 0.05) is 12.6 Å².